The van der Waals surface area contributed by atoms with Gasteiger partial charge in [0.2, 0.25) is 0 Å². The molecule has 0 atom stereocenters. The zero-order valence-corrected chi connectivity index (χ0v) is 11.2. The van der Waals surface area contributed by atoms with Crippen molar-refractivity contribution in [1.82, 2.24) is 19.2 Å². The zero-order chi connectivity index (χ0) is 14.0. The highest BCUT2D eigenvalue weighted by molar-refractivity contribution is 5.69. The van der Waals surface area contributed by atoms with Crippen molar-refractivity contribution in [1.29, 1.82) is 0 Å². The van der Waals surface area contributed by atoms with E-state index in [0.29, 0.717) is 5.65 Å². The van der Waals surface area contributed by atoms with E-state index in [9.17, 15) is 9.59 Å². The van der Waals surface area contributed by atoms with E-state index in [2.05, 4.69) is 10.1 Å². The van der Waals surface area contributed by atoms with Crippen molar-refractivity contribution in [2.24, 2.45) is 0 Å². The lowest BCUT2D eigenvalue weighted by Gasteiger charge is -2.19. The summed E-state index contributed by atoms with van der Waals surface area (Å²) in [6.07, 6.45) is 4.64. The number of fused-ring (bicyclic) bond motifs is 1. The number of rotatable bonds is 3. The number of aromatic nitrogens is 4. The Kier molecular flexibility index (Phi) is 3.37. The van der Waals surface area contributed by atoms with Crippen molar-refractivity contribution in [2.75, 3.05) is 0 Å². The van der Waals surface area contributed by atoms with Gasteiger partial charge in [-0.15, -0.1) is 5.10 Å². The second-order valence-corrected chi connectivity index (χ2v) is 5.15. The smallest absolute Gasteiger partial charge is 0.350 e. The Labute approximate surface area is 109 Å². The van der Waals surface area contributed by atoms with E-state index in [-0.39, 0.29) is 24.6 Å². The van der Waals surface area contributed by atoms with Crippen molar-refractivity contribution >= 4 is 11.6 Å². The van der Waals surface area contributed by atoms with Gasteiger partial charge in [-0.2, -0.15) is 0 Å². The predicted octanol–water partition coefficient (Wildman–Crippen LogP) is 0.623. The van der Waals surface area contributed by atoms with Gasteiger partial charge in [-0.25, -0.2) is 13.9 Å². The molecular formula is C12H16N4O3. The standard InChI is InChI=1S/C12H16N4O3/c1-12(2,3)19-10(17)4-6-16-11(18)15-7-5-13-8-9(15)14-16/h5,7-8H,4,6H2,1-3H3. The molecular weight excluding hydrogens is 248 g/mol. The number of ether oxygens (including phenoxy) is 1. The van der Waals surface area contributed by atoms with Crippen LogP contribution < -0.4 is 5.69 Å². The highest BCUT2D eigenvalue weighted by Gasteiger charge is 2.16. The van der Waals surface area contributed by atoms with E-state index < -0.39 is 5.60 Å². The van der Waals surface area contributed by atoms with E-state index in [1.807, 2.05) is 0 Å². The molecule has 2 aromatic heterocycles. The lowest BCUT2D eigenvalue weighted by Crippen LogP contribution is -2.27. The molecule has 0 aliphatic heterocycles. The molecule has 2 rings (SSSR count). The molecule has 0 bridgehead atoms. The van der Waals surface area contributed by atoms with E-state index in [1.54, 1.807) is 20.8 Å². The van der Waals surface area contributed by atoms with Crippen LogP contribution in [0.1, 0.15) is 27.2 Å². The summed E-state index contributed by atoms with van der Waals surface area (Å²) in [5.41, 5.74) is -0.358. The molecule has 7 nitrogen and oxygen atoms in total. The molecule has 0 N–H and O–H groups in total. The molecule has 0 amide bonds. The van der Waals surface area contributed by atoms with Crippen LogP contribution in [0.4, 0.5) is 0 Å². The molecule has 0 aromatic carbocycles. The average molecular weight is 264 g/mol. The highest BCUT2D eigenvalue weighted by Crippen LogP contribution is 2.08. The van der Waals surface area contributed by atoms with Crippen LogP contribution in [0.3, 0.4) is 0 Å². The molecule has 7 heteroatoms. The third kappa shape index (κ3) is 3.18. The highest BCUT2D eigenvalue weighted by atomic mass is 16.6. The van der Waals surface area contributed by atoms with Gasteiger partial charge < -0.3 is 4.74 Å². The molecule has 2 heterocycles. The van der Waals surface area contributed by atoms with E-state index in [0.717, 1.165) is 0 Å². The van der Waals surface area contributed by atoms with Crippen LogP contribution in [0.25, 0.3) is 5.65 Å². The number of nitrogens with zero attached hydrogens (tertiary/aromatic N) is 4. The topological polar surface area (TPSA) is 78.5 Å². The van der Waals surface area contributed by atoms with Crippen molar-refractivity contribution < 1.29 is 9.53 Å². The first kappa shape index (κ1) is 13.3. The molecule has 0 spiro atoms. The maximum atomic E-state index is 11.9. The summed E-state index contributed by atoms with van der Waals surface area (Å²) in [5, 5.41) is 4.08. The number of hydrogen-bond acceptors (Lipinski definition) is 5. The summed E-state index contributed by atoms with van der Waals surface area (Å²) in [6, 6.07) is 0. The van der Waals surface area contributed by atoms with E-state index >= 15 is 0 Å². The molecule has 19 heavy (non-hydrogen) atoms. The monoisotopic (exact) mass is 264 g/mol. The van der Waals surface area contributed by atoms with Crippen molar-refractivity contribution in [3.63, 3.8) is 0 Å². The first-order valence-corrected chi connectivity index (χ1v) is 5.98. The van der Waals surface area contributed by atoms with Gasteiger partial charge in [-0.05, 0) is 20.8 Å². The van der Waals surface area contributed by atoms with Crippen LogP contribution >= 0.6 is 0 Å². The third-order valence-electron chi connectivity index (χ3n) is 2.34. The second kappa shape index (κ2) is 4.83. The van der Waals surface area contributed by atoms with Gasteiger partial charge in [0.05, 0.1) is 19.2 Å². The van der Waals surface area contributed by atoms with Crippen LogP contribution in [0.2, 0.25) is 0 Å². The van der Waals surface area contributed by atoms with E-state index in [1.165, 1.54) is 27.7 Å². The summed E-state index contributed by atoms with van der Waals surface area (Å²) >= 11 is 0. The zero-order valence-electron chi connectivity index (χ0n) is 11.2. The van der Waals surface area contributed by atoms with Crippen LogP contribution in [0.15, 0.2) is 23.4 Å². The maximum absolute atomic E-state index is 11.9. The number of esters is 1. The summed E-state index contributed by atoms with van der Waals surface area (Å²) in [6.45, 7) is 5.59. The Morgan fingerprint density at radius 3 is 2.79 bits per heavy atom. The third-order valence-corrected chi connectivity index (χ3v) is 2.34. The first-order valence-electron chi connectivity index (χ1n) is 5.98. The summed E-state index contributed by atoms with van der Waals surface area (Å²) in [4.78, 5) is 27.4. The number of carbonyl (C=O) groups is 1. The number of carbonyl (C=O) groups excluding carboxylic acids is 1. The molecule has 0 fully saturated rings. The van der Waals surface area contributed by atoms with Crippen molar-refractivity contribution in [3.8, 4) is 0 Å². The Hall–Kier alpha value is -2.18. The molecule has 102 valence electrons. The molecule has 0 saturated heterocycles. The Bertz CT molecular complexity index is 651. The predicted molar refractivity (Wildman–Crippen MR) is 67.7 cm³/mol. The fraction of sp³-hybridized carbons (Fsp3) is 0.500. The van der Waals surface area contributed by atoms with Gasteiger partial charge in [0, 0.05) is 12.4 Å². The molecule has 2 aromatic rings. The van der Waals surface area contributed by atoms with Gasteiger partial charge in [0.25, 0.3) is 0 Å². The molecule has 0 aliphatic rings. The summed E-state index contributed by atoms with van der Waals surface area (Å²) in [7, 11) is 0. The minimum atomic E-state index is -0.523. The second-order valence-electron chi connectivity index (χ2n) is 5.15. The van der Waals surface area contributed by atoms with Crippen LogP contribution in [0.5, 0.6) is 0 Å². The SMILES string of the molecule is CC(C)(C)OC(=O)CCn1nc2cnccn2c1=O. The first-order chi connectivity index (χ1) is 8.87. The molecule has 0 radical (unpaired) electrons. The Balaban J connectivity index is 2.08. The summed E-state index contributed by atoms with van der Waals surface area (Å²) in [5.74, 6) is -0.352. The molecule has 0 saturated carbocycles. The number of hydrogen-bond donors (Lipinski definition) is 0. The molecule has 0 aliphatic carbocycles. The van der Waals surface area contributed by atoms with Gasteiger partial charge in [-0.1, -0.05) is 0 Å². The van der Waals surface area contributed by atoms with Gasteiger partial charge in [-0.3, -0.25) is 9.78 Å². The maximum Gasteiger partial charge on any atom is 0.350 e. The number of aryl methyl sites for hydroxylation is 1. The fourth-order valence-electron chi connectivity index (χ4n) is 1.62. The largest absolute Gasteiger partial charge is 0.460 e. The van der Waals surface area contributed by atoms with Gasteiger partial charge in [0.1, 0.15) is 5.60 Å². The Morgan fingerprint density at radius 1 is 1.42 bits per heavy atom. The lowest BCUT2D eigenvalue weighted by molar-refractivity contribution is -0.155. The van der Waals surface area contributed by atoms with Gasteiger partial charge >= 0.3 is 11.7 Å². The minimum Gasteiger partial charge on any atom is -0.460 e. The normalized spacial score (nSPS) is 11.7. The van der Waals surface area contributed by atoms with E-state index in [4.69, 9.17) is 4.74 Å². The van der Waals surface area contributed by atoms with Gasteiger partial charge in [0.15, 0.2) is 5.65 Å². The van der Waals surface area contributed by atoms with Crippen molar-refractivity contribution in [2.45, 2.75) is 39.3 Å². The van der Waals surface area contributed by atoms with Crippen LogP contribution in [-0.4, -0.2) is 30.7 Å². The van der Waals surface area contributed by atoms with Crippen LogP contribution in [0, 0.1) is 0 Å². The Morgan fingerprint density at radius 2 is 2.16 bits per heavy atom. The quantitative estimate of drug-likeness (QED) is 0.759. The van der Waals surface area contributed by atoms with Crippen molar-refractivity contribution in [3.05, 3.63) is 29.1 Å². The minimum absolute atomic E-state index is 0.106. The fourth-order valence-corrected chi connectivity index (χ4v) is 1.62. The average Bonchev–Trinajstić information content (AvgIpc) is 2.62. The lowest BCUT2D eigenvalue weighted by atomic mass is 10.2. The summed E-state index contributed by atoms with van der Waals surface area (Å²) < 4.78 is 7.79. The van der Waals surface area contributed by atoms with Crippen LogP contribution in [-0.2, 0) is 16.1 Å². The molecule has 0 unspecified atom stereocenters.